The topological polar surface area (TPSA) is 85.0 Å². The fourth-order valence-electron chi connectivity index (χ4n) is 1.68. The zero-order chi connectivity index (χ0) is 15.1. The van der Waals surface area contributed by atoms with Crippen LogP contribution in [-0.4, -0.2) is 33.3 Å². The summed E-state index contributed by atoms with van der Waals surface area (Å²) in [6.45, 7) is 7.75. The Labute approximate surface area is 124 Å². The van der Waals surface area contributed by atoms with Gasteiger partial charge in [0.2, 0.25) is 11.8 Å². The molecule has 2 aromatic heterocycles. The van der Waals surface area contributed by atoms with Crippen molar-refractivity contribution in [2.75, 3.05) is 18.5 Å². The third-order valence-corrected chi connectivity index (χ3v) is 2.63. The number of aromatic amines is 1. The van der Waals surface area contributed by atoms with Gasteiger partial charge in [-0.15, -0.1) is 5.10 Å². The molecule has 0 aliphatic rings. The Kier molecular flexibility index (Phi) is 5.51. The number of aromatic nitrogens is 4. The highest BCUT2D eigenvalue weighted by Gasteiger charge is 2.08. The maximum atomic E-state index is 5.65. The van der Waals surface area contributed by atoms with Gasteiger partial charge >= 0.3 is 0 Å². The van der Waals surface area contributed by atoms with Crippen molar-refractivity contribution in [1.82, 2.24) is 20.2 Å². The predicted octanol–water partition coefficient (Wildman–Crippen LogP) is 2.66. The first-order valence-electron chi connectivity index (χ1n) is 7.10. The number of H-pyrrole nitrogens is 1. The molecule has 21 heavy (non-hydrogen) atoms. The van der Waals surface area contributed by atoms with Crippen molar-refractivity contribution in [3.8, 4) is 11.8 Å². The molecule has 7 heteroatoms. The predicted molar refractivity (Wildman–Crippen MR) is 79.5 cm³/mol. The molecule has 0 aliphatic carbocycles. The lowest BCUT2D eigenvalue weighted by atomic mass is 10.4. The van der Waals surface area contributed by atoms with Crippen molar-refractivity contribution < 1.29 is 9.47 Å². The first-order valence-corrected chi connectivity index (χ1v) is 7.10. The van der Waals surface area contributed by atoms with Crippen LogP contribution in [0.3, 0.4) is 0 Å². The van der Waals surface area contributed by atoms with Crippen molar-refractivity contribution in [2.24, 2.45) is 0 Å². The Bertz CT molecular complexity index is 544. The van der Waals surface area contributed by atoms with Gasteiger partial charge in [-0.1, -0.05) is 6.92 Å². The minimum absolute atomic E-state index is 0.355. The SMILES string of the molecule is CCCNc1cc(Oc2cc(C)[nH]n2)nc(COCC)n1. The minimum Gasteiger partial charge on any atom is -0.419 e. The van der Waals surface area contributed by atoms with E-state index in [4.69, 9.17) is 9.47 Å². The van der Waals surface area contributed by atoms with Crippen LogP contribution in [0.4, 0.5) is 5.82 Å². The van der Waals surface area contributed by atoms with Gasteiger partial charge in [0.1, 0.15) is 12.4 Å². The lowest BCUT2D eigenvalue weighted by molar-refractivity contribution is 0.128. The van der Waals surface area contributed by atoms with Gasteiger partial charge in [-0.05, 0) is 20.3 Å². The van der Waals surface area contributed by atoms with Gasteiger partial charge in [0.15, 0.2) is 5.82 Å². The van der Waals surface area contributed by atoms with E-state index < -0.39 is 0 Å². The maximum Gasteiger partial charge on any atom is 0.240 e. The van der Waals surface area contributed by atoms with Crippen LogP contribution in [-0.2, 0) is 11.3 Å². The summed E-state index contributed by atoms with van der Waals surface area (Å²) in [5, 5.41) is 10.1. The second-order valence-electron chi connectivity index (χ2n) is 4.56. The summed E-state index contributed by atoms with van der Waals surface area (Å²) in [6, 6.07) is 3.57. The highest BCUT2D eigenvalue weighted by atomic mass is 16.5. The quantitative estimate of drug-likeness (QED) is 0.777. The van der Waals surface area contributed by atoms with Crippen molar-refractivity contribution in [1.29, 1.82) is 0 Å². The van der Waals surface area contributed by atoms with Gasteiger partial charge in [0.25, 0.3) is 0 Å². The molecule has 0 fully saturated rings. The Morgan fingerprint density at radius 3 is 2.71 bits per heavy atom. The van der Waals surface area contributed by atoms with Gasteiger partial charge in [-0.25, -0.2) is 4.98 Å². The molecule has 114 valence electrons. The zero-order valence-corrected chi connectivity index (χ0v) is 12.6. The second kappa shape index (κ2) is 7.58. The van der Waals surface area contributed by atoms with Gasteiger partial charge < -0.3 is 14.8 Å². The maximum absolute atomic E-state index is 5.65. The van der Waals surface area contributed by atoms with Crippen molar-refractivity contribution in [3.05, 3.63) is 23.7 Å². The molecule has 0 amide bonds. The molecular weight excluding hydrogens is 270 g/mol. The smallest absolute Gasteiger partial charge is 0.240 e. The number of ether oxygens (including phenoxy) is 2. The molecule has 0 aromatic carbocycles. The Morgan fingerprint density at radius 2 is 2.05 bits per heavy atom. The summed E-state index contributed by atoms with van der Waals surface area (Å²) in [5.74, 6) is 2.24. The van der Waals surface area contributed by atoms with E-state index in [1.165, 1.54) is 0 Å². The van der Waals surface area contributed by atoms with Crippen LogP contribution in [0.5, 0.6) is 11.8 Å². The van der Waals surface area contributed by atoms with Crippen molar-refractivity contribution >= 4 is 5.82 Å². The van der Waals surface area contributed by atoms with Crippen LogP contribution < -0.4 is 10.1 Å². The summed E-state index contributed by atoms with van der Waals surface area (Å²) in [7, 11) is 0. The number of nitrogens with zero attached hydrogens (tertiary/aromatic N) is 3. The lowest BCUT2D eigenvalue weighted by Gasteiger charge is -2.09. The molecule has 0 saturated carbocycles. The highest BCUT2D eigenvalue weighted by Crippen LogP contribution is 2.20. The lowest BCUT2D eigenvalue weighted by Crippen LogP contribution is -2.07. The van der Waals surface area contributed by atoms with E-state index in [1.54, 1.807) is 6.07 Å². The Balaban J connectivity index is 2.16. The zero-order valence-electron chi connectivity index (χ0n) is 12.6. The van der Waals surface area contributed by atoms with Crippen LogP contribution in [0.1, 0.15) is 31.8 Å². The van der Waals surface area contributed by atoms with E-state index in [0.29, 0.717) is 30.8 Å². The van der Waals surface area contributed by atoms with Crippen molar-refractivity contribution in [3.63, 3.8) is 0 Å². The van der Waals surface area contributed by atoms with Gasteiger partial charge in [0.05, 0.1) is 0 Å². The van der Waals surface area contributed by atoms with Crippen molar-refractivity contribution in [2.45, 2.75) is 33.8 Å². The molecule has 7 nitrogen and oxygen atoms in total. The molecule has 0 bridgehead atoms. The summed E-state index contributed by atoms with van der Waals surface area (Å²) in [6.07, 6.45) is 1.01. The first kappa shape index (κ1) is 15.2. The van der Waals surface area contributed by atoms with E-state index in [9.17, 15) is 0 Å². The van der Waals surface area contributed by atoms with Crippen LogP contribution in [0.2, 0.25) is 0 Å². The molecule has 0 aliphatic heterocycles. The first-order chi connectivity index (χ1) is 10.2. The molecule has 2 N–H and O–H groups in total. The van der Waals surface area contributed by atoms with Crippen LogP contribution in [0, 0.1) is 6.92 Å². The molecule has 2 heterocycles. The number of hydrogen-bond donors (Lipinski definition) is 2. The van der Waals surface area contributed by atoms with E-state index >= 15 is 0 Å². The monoisotopic (exact) mass is 291 g/mol. The summed E-state index contributed by atoms with van der Waals surface area (Å²) in [4.78, 5) is 8.73. The molecule has 0 radical (unpaired) electrons. The molecule has 0 unspecified atom stereocenters. The van der Waals surface area contributed by atoms with E-state index in [-0.39, 0.29) is 0 Å². The molecular formula is C14H21N5O2. The number of rotatable bonds is 8. The highest BCUT2D eigenvalue weighted by molar-refractivity contribution is 5.39. The van der Waals surface area contributed by atoms with E-state index in [1.807, 2.05) is 19.9 Å². The summed E-state index contributed by atoms with van der Waals surface area (Å²) in [5.41, 5.74) is 0.929. The van der Waals surface area contributed by atoms with Crippen LogP contribution >= 0.6 is 0 Å². The number of hydrogen-bond acceptors (Lipinski definition) is 6. The number of anilines is 1. The standard InChI is InChI=1S/C14H21N5O2/c1-4-6-15-11-8-13(17-12(16-11)9-20-5-2)21-14-7-10(3)18-19-14/h7-8H,4-6,9H2,1-3H3,(H,18,19)(H,15,16,17). The van der Waals surface area contributed by atoms with Gasteiger partial charge in [-0.2, -0.15) is 4.98 Å². The molecule has 2 rings (SSSR count). The molecule has 2 aromatic rings. The van der Waals surface area contributed by atoms with Crippen LogP contribution in [0.25, 0.3) is 0 Å². The third kappa shape index (κ3) is 4.71. The summed E-state index contributed by atoms with van der Waals surface area (Å²) >= 11 is 0. The normalized spacial score (nSPS) is 10.6. The number of nitrogens with one attached hydrogen (secondary N) is 2. The fourth-order valence-corrected chi connectivity index (χ4v) is 1.68. The number of aryl methyl sites for hydroxylation is 1. The minimum atomic E-state index is 0.355. The van der Waals surface area contributed by atoms with Gasteiger partial charge in [-0.3, -0.25) is 5.10 Å². The van der Waals surface area contributed by atoms with Crippen LogP contribution in [0.15, 0.2) is 12.1 Å². The summed E-state index contributed by atoms with van der Waals surface area (Å²) < 4.78 is 11.0. The van der Waals surface area contributed by atoms with E-state index in [0.717, 1.165) is 24.5 Å². The average Bonchev–Trinajstić information content (AvgIpc) is 2.88. The largest absolute Gasteiger partial charge is 0.419 e. The molecule has 0 atom stereocenters. The molecule has 0 spiro atoms. The molecule has 0 saturated heterocycles. The van der Waals surface area contributed by atoms with Gasteiger partial charge in [0, 0.05) is 31.0 Å². The average molecular weight is 291 g/mol. The third-order valence-electron chi connectivity index (χ3n) is 2.63. The Hall–Kier alpha value is -2.15. The fraction of sp³-hybridized carbons (Fsp3) is 0.500. The van der Waals surface area contributed by atoms with E-state index in [2.05, 4.69) is 32.4 Å². The second-order valence-corrected chi connectivity index (χ2v) is 4.56. The Morgan fingerprint density at radius 1 is 1.19 bits per heavy atom.